The third-order valence-electron chi connectivity index (χ3n) is 3.49. The topological polar surface area (TPSA) is 32.8 Å². The van der Waals surface area contributed by atoms with Gasteiger partial charge in [-0.25, -0.2) is 0 Å². The Bertz CT molecular complexity index is 485. The lowest BCUT2D eigenvalue weighted by molar-refractivity contribution is -0.153. The van der Waals surface area contributed by atoms with E-state index < -0.39 is 18.8 Å². The van der Waals surface area contributed by atoms with Crippen molar-refractivity contribution in [1.82, 2.24) is 9.80 Å². The van der Waals surface area contributed by atoms with Crippen molar-refractivity contribution in [1.29, 1.82) is 0 Å². The molecule has 0 aromatic heterocycles. The van der Waals surface area contributed by atoms with Gasteiger partial charge in [0, 0.05) is 26.2 Å². The van der Waals surface area contributed by atoms with E-state index in [2.05, 4.69) is 0 Å². The molecule has 0 N–H and O–H groups in total. The smallest absolute Gasteiger partial charge is 0.401 e. The lowest BCUT2D eigenvalue weighted by Crippen LogP contribution is -2.53. The van der Waals surface area contributed by atoms with E-state index in [0.29, 0.717) is 5.75 Å². The van der Waals surface area contributed by atoms with Crippen LogP contribution in [0.3, 0.4) is 0 Å². The zero-order chi connectivity index (χ0) is 16.2. The summed E-state index contributed by atoms with van der Waals surface area (Å²) in [6.45, 7) is 1.75. The molecule has 2 rings (SSSR count). The molecule has 1 heterocycles. The number of para-hydroxylation sites is 1. The molecule has 1 aromatic carbocycles. The van der Waals surface area contributed by atoms with Crippen molar-refractivity contribution < 1.29 is 22.7 Å². The number of ether oxygens (including phenoxy) is 1. The Morgan fingerprint density at radius 1 is 1.18 bits per heavy atom. The number of nitrogens with zero attached hydrogens (tertiary/aromatic N) is 2. The summed E-state index contributed by atoms with van der Waals surface area (Å²) in [6.07, 6.45) is -4.85. The van der Waals surface area contributed by atoms with E-state index in [-0.39, 0.29) is 32.1 Å². The van der Waals surface area contributed by atoms with Gasteiger partial charge >= 0.3 is 6.18 Å². The van der Waals surface area contributed by atoms with E-state index in [9.17, 15) is 18.0 Å². The Kier molecular flexibility index (Phi) is 5.28. The van der Waals surface area contributed by atoms with Crippen LogP contribution in [0.4, 0.5) is 13.2 Å². The highest BCUT2D eigenvalue weighted by atomic mass is 19.4. The normalized spacial score (nSPS) is 18.1. The van der Waals surface area contributed by atoms with Crippen molar-refractivity contribution in [3.63, 3.8) is 0 Å². The molecule has 122 valence electrons. The number of alkyl halides is 3. The number of hydrogen-bond donors (Lipinski definition) is 0. The molecule has 1 atom stereocenters. The van der Waals surface area contributed by atoms with Crippen molar-refractivity contribution in [2.75, 3.05) is 32.7 Å². The molecule has 1 aromatic rings. The van der Waals surface area contributed by atoms with Crippen molar-refractivity contribution in [3.05, 3.63) is 30.3 Å². The molecular formula is C15H19F3N2O2. The third kappa shape index (κ3) is 4.91. The molecule has 1 aliphatic heterocycles. The highest BCUT2D eigenvalue weighted by Crippen LogP contribution is 2.18. The van der Waals surface area contributed by atoms with Crippen molar-refractivity contribution in [3.8, 4) is 5.75 Å². The summed E-state index contributed by atoms with van der Waals surface area (Å²) in [7, 11) is 0. The maximum absolute atomic E-state index is 12.3. The Balaban J connectivity index is 1.82. The molecule has 0 saturated carbocycles. The second-order valence-corrected chi connectivity index (χ2v) is 5.29. The zero-order valence-electron chi connectivity index (χ0n) is 12.3. The van der Waals surface area contributed by atoms with Crippen molar-refractivity contribution in [2.24, 2.45) is 0 Å². The fraction of sp³-hybridized carbons (Fsp3) is 0.533. The molecule has 22 heavy (non-hydrogen) atoms. The second-order valence-electron chi connectivity index (χ2n) is 5.29. The number of rotatable bonds is 4. The molecule has 0 aliphatic carbocycles. The van der Waals surface area contributed by atoms with Gasteiger partial charge in [-0.1, -0.05) is 18.2 Å². The predicted molar refractivity (Wildman–Crippen MR) is 75.6 cm³/mol. The third-order valence-corrected chi connectivity index (χ3v) is 3.49. The molecule has 0 spiro atoms. The van der Waals surface area contributed by atoms with E-state index >= 15 is 0 Å². The van der Waals surface area contributed by atoms with Gasteiger partial charge in [-0.3, -0.25) is 9.69 Å². The minimum Gasteiger partial charge on any atom is -0.481 e. The summed E-state index contributed by atoms with van der Waals surface area (Å²) < 4.78 is 42.5. The van der Waals surface area contributed by atoms with Crippen LogP contribution in [-0.2, 0) is 4.79 Å². The Labute approximate surface area is 127 Å². The van der Waals surface area contributed by atoms with Gasteiger partial charge in [0.05, 0.1) is 6.54 Å². The van der Waals surface area contributed by atoms with E-state index in [4.69, 9.17) is 4.74 Å². The zero-order valence-corrected chi connectivity index (χ0v) is 12.3. The van der Waals surface area contributed by atoms with Gasteiger partial charge < -0.3 is 9.64 Å². The summed E-state index contributed by atoms with van der Waals surface area (Å²) in [6, 6.07) is 8.97. The molecule has 1 saturated heterocycles. The highest BCUT2D eigenvalue weighted by Gasteiger charge is 2.33. The van der Waals surface area contributed by atoms with E-state index in [1.165, 1.54) is 4.90 Å². The highest BCUT2D eigenvalue weighted by molar-refractivity contribution is 5.81. The number of benzene rings is 1. The van der Waals surface area contributed by atoms with Crippen LogP contribution >= 0.6 is 0 Å². The first kappa shape index (κ1) is 16.6. The van der Waals surface area contributed by atoms with Crippen LogP contribution in [0.2, 0.25) is 0 Å². The van der Waals surface area contributed by atoms with Gasteiger partial charge in [0.25, 0.3) is 5.91 Å². The van der Waals surface area contributed by atoms with Crippen LogP contribution in [0.5, 0.6) is 5.75 Å². The van der Waals surface area contributed by atoms with Crippen LogP contribution in [0, 0.1) is 0 Å². The van der Waals surface area contributed by atoms with Crippen LogP contribution in [0.1, 0.15) is 6.92 Å². The van der Waals surface area contributed by atoms with Crippen molar-refractivity contribution >= 4 is 5.91 Å². The predicted octanol–water partition coefficient (Wildman–Crippen LogP) is 2.16. The maximum Gasteiger partial charge on any atom is 0.401 e. The van der Waals surface area contributed by atoms with Gasteiger partial charge in [0.15, 0.2) is 6.10 Å². The van der Waals surface area contributed by atoms with Gasteiger partial charge in [-0.05, 0) is 19.1 Å². The number of piperazine rings is 1. The van der Waals surface area contributed by atoms with E-state index in [0.717, 1.165) is 0 Å². The molecule has 1 aliphatic rings. The summed E-state index contributed by atoms with van der Waals surface area (Å²) in [4.78, 5) is 15.1. The van der Waals surface area contributed by atoms with Gasteiger partial charge in [0.2, 0.25) is 0 Å². The van der Waals surface area contributed by atoms with E-state index in [1.54, 1.807) is 24.0 Å². The number of amides is 1. The average Bonchev–Trinajstić information content (AvgIpc) is 2.46. The first-order valence-electron chi connectivity index (χ1n) is 7.15. The van der Waals surface area contributed by atoms with Crippen LogP contribution in [0.15, 0.2) is 30.3 Å². The number of carbonyl (C=O) groups is 1. The lowest BCUT2D eigenvalue weighted by Gasteiger charge is -2.36. The average molecular weight is 316 g/mol. The van der Waals surface area contributed by atoms with Gasteiger partial charge in [0.1, 0.15) is 5.75 Å². The first-order valence-corrected chi connectivity index (χ1v) is 7.15. The molecule has 0 radical (unpaired) electrons. The Morgan fingerprint density at radius 2 is 1.77 bits per heavy atom. The molecule has 1 fully saturated rings. The molecule has 1 unspecified atom stereocenters. The summed E-state index contributed by atoms with van der Waals surface area (Å²) >= 11 is 0. The first-order chi connectivity index (χ1) is 10.3. The van der Waals surface area contributed by atoms with Crippen LogP contribution in [-0.4, -0.2) is 60.7 Å². The van der Waals surface area contributed by atoms with Gasteiger partial charge in [-0.2, -0.15) is 13.2 Å². The van der Waals surface area contributed by atoms with Crippen LogP contribution in [0.25, 0.3) is 0 Å². The molecule has 0 bridgehead atoms. The number of halogens is 3. The maximum atomic E-state index is 12.3. The molecule has 4 nitrogen and oxygen atoms in total. The molecule has 1 amide bonds. The Hall–Kier alpha value is -1.76. The summed E-state index contributed by atoms with van der Waals surface area (Å²) in [5, 5.41) is 0. The van der Waals surface area contributed by atoms with E-state index in [1.807, 2.05) is 18.2 Å². The Morgan fingerprint density at radius 3 is 2.32 bits per heavy atom. The summed E-state index contributed by atoms with van der Waals surface area (Å²) in [5.74, 6) is 0.398. The largest absolute Gasteiger partial charge is 0.481 e. The molecular weight excluding hydrogens is 297 g/mol. The monoisotopic (exact) mass is 316 g/mol. The van der Waals surface area contributed by atoms with Crippen LogP contribution < -0.4 is 4.74 Å². The standard InChI is InChI=1S/C15H19F3N2O2/c1-12(22-13-5-3-2-4-6-13)14(21)20-9-7-19(8-10-20)11-15(16,17)18/h2-6,12H,7-11H2,1H3. The molecule has 7 heteroatoms. The summed E-state index contributed by atoms with van der Waals surface area (Å²) in [5.41, 5.74) is 0. The fourth-order valence-electron chi connectivity index (χ4n) is 2.39. The fourth-order valence-corrected chi connectivity index (χ4v) is 2.39. The quantitative estimate of drug-likeness (QED) is 0.853. The number of hydrogen-bond acceptors (Lipinski definition) is 3. The van der Waals surface area contributed by atoms with Crippen molar-refractivity contribution in [2.45, 2.75) is 19.2 Å². The minimum atomic E-state index is -4.20. The van der Waals surface area contributed by atoms with Gasteiger partial charge in [-0.15, -0.1) is 0 Å². The lowest BCUT2D eigenvalue weighted by atomic mass is 10.2. The minimum absolute atomic E-state index is 0.199. The second kappa shape index (κ2) is 7.00. The SMILES string of the molecule is CC(Oc1ccccc1)C(=O)N1CCN(CC(F)(F)F)CC1. The number of carbonyl (C=O) groups excluding carboxylic acids is 1.